The minimum atomic E-state index is -3.59. The Labute approximate surface area is 110 Å². The first-order valence-corrected chi connectivity index (χ1v) is 7.83. The van der Waals surface area contributed by atoms with Crippen LogP contribution in [-0.4, -0.2) is 24.1 Å². The topological polar surface area (TPSA) is 74.8 Å². The molecule has 0 radical (unpaired) electrons. The lowest BCUT2D eigenvalue weighted by molar-refractivity contribution is 0.598. The summed E-state index contributed by atoms with van der Waals surface area (Å²) in [5, 5.41) is 0.0544. The molecule has 96 valence electrons. The molecule has 1 heterocycles. The van der Waals surface area contributed by atoms with Gasteiger partial charge in [0.05, 0.1) is 18.2 Å². The number of benzene rings is 1. The third-order valence-electron chi connectivity index (χ3n) is 2.19. The van der Waals surface area contributed by atoms with Gasteiger partial charge < -0.3 is 4.98 Å². The zero-order valence-electron chi connectivity index (χ0n) is 9.75. The summed E-state index contributed by atoms with van der Waals surface area (Å²) in [4.78, 5) is 7.20. The Morgan fingerprint density at radius 1 is 1.39 bits per heavy atom. The number of sulfonamides is 1. The Morgan fingerprint density at radius 2 is 2.17 bits per heavy atom. The Bertz CT molecular complexity index is 609. The summed E-state index contributed by atoms with van der Waals surface area (Å²) in [7, 11) is -3.59. The number of nitrogens with zero attached hydrogens (tertiary/aromatic N) is 1. The first-order chi connectivity index (χ1) is 8.63. The lowest BCUT2D eigenvalue weighted by atomic mass is 10.3. The van der Waals surface area contributed by atoms with E-state index in [4.69, 9.17) is 0 Å². The van der Waals surface area contributed by atoms with E-state index in [1.807, 2.05) is 19.1 Å². The third-order valence-corrected chi connectivity index (χ3v) is 4.44. The van der Waals surface area contributed by atoms with E-state index in [9.17, 15) is 8.42 Å². The molecular weight excluding hydrogens is 270 g/mol. The zero-order valence-corrected chi connectivity index (χ0v) is 11.4. The fourth-order valence-corrected chi connectivity index (χ4v) is 3.23. The van der Waals surface area contributed by atoms with Crippen molar-refractivity contribution < 1.29 is 8.42 Å². The first kappa shape index (κ1) is 13.0. The van der Waals surface area contributed by atoms with E-state index in [-0.39, 0.29) is 5.03 Å². The Kier molecular flexibility index (Phi) is 3.93. The SMILES string of the molecule is CCSc1ccccc1NS(=O)(=O)c1cnc[nH]1. The molecule has 0 aliphatic rings. The van der Waals surface area contributed by atoms with Crippen LogP contribution in [0.15, 0.2) is 46.7 Å². The van der Waals surface area contributed by atoms with Crippen molar-refractivity contribution >= 4 is 27.5 Å². The van der Waals surface area contributed by atoms with E-state index < -0.39 is 10.0 Å². The molecule has 0 atom stereocenters. The molecule has 1 aromatic carbocycles. The number of hydrogen-bond acceptors (Lipinski definition) is 4. The number of aromatic nitrogens is 2. The number of thioether (sulfide) groups is 1. The minimum Gasteiger partial charge on any atom is -0.334 e. The van der Waals surface area contributed by atoms with E-state index in [0.29, 0.717) is 5.69 Å². The predicted molar refractivity (Wildman–Crippen MR) is 72.2 cm³/mol. The van der Waals surface area contributed by atoms with Gasteiger partial charge in [-0.3, -0.25) is 4.72 Å². The lowest BCUT2D eigenvalue weighted by Crippen LogP contribution is -2.13. The average Bonchev–Trinajstić information content (AvgIpc) is 2.86. The lowest BCUT2D eigenvalue weighted by Gasteiger charge is -2.10. The maximum absolute atomic E-state index is 12.0. The summed E-state index contributed by atoms with van der Waals surface area (Å²) in [6, 6.07) is 7.31. The molecule has 0 amide bonds. The maximum Gasteiger partial charge on any atom is 0.279 e. The summed E-state index contributed by atoms with van der Waals surface area (Å²) < 4.78 is 26.6. The monoisotopic (exact) mass is 283 g/mol. The van der Waals surface area contributed by atoms with Gasteiger partial charge in [-0.05, 0) is 17.9 Å². The molecule has 0 spiro atoms. The molecule has 0 fully saturated rings. The number of aromatic amines is 1. The number of nitrogens with one attached hydrogen (secondary N) is 2. The van der Waals surface area contributed by atoms with Crippen molar-refractivity contribution in [1.82, 2.24) is 9.97 Å². The Balaban J connectivity index is 2.29. The number of para-hydroxylation sites is 1. The summed E-state index contributed by atoms with van der Waals surface area (Å²) >= 11 is 1.59. The van der Waals surface area contributed by atoms with Gasteiger partial charge in [0, 0.05) is 4.90 Å². The van der Waals surface area contributed by atoms with Gasteiger partial charge in [-0.25, -0.2) is 4.98 Å². The highest BCUT2D eigenvalue weighted by molar-refractivity contribution is 7.99. The molecule has 1 aromatic heterocycles. The number of H-pyrrole nitrogens is 1. The normalized spacial score (nSPS) is 11.4. The van der Waals surface area contributed by atoms with Crippen molar-refractivity contribution in [3.8, 4) is 0 Å². The summed E-state index contributed by atoms with van der Waals surface area (Å²) in [6.07, 6.45) is 2.61. The van der Waals surface area contributed by atoms with Gasteiger partial charge in [-0.15, -0.1) is 11.8 Å². The number of rotatable bonds is 5. The van der Waals surface area contributed by atoms with Crippen molar-refractivity contribution in [2.75, 3.05) is 10.5 Å². The quantitative estimate of drug-likeness (QED) is 0.826. The van der Waals surface area contributed by atoms with Crippen LogP contribution in [0, 0.1) is 0 Å². The molecule has 0 unspecified atom stereocenters. The van der Waals surface area contributed by atoms with Gasteiger partial charge in [-0.2, -0.15) is 8.42 Å². The molecule has 2 N–H and O–H groups in total. The van der Waals surface area contributed by atoms with Crippen LogP contribution in [0.5, 0.6) is 0 Å². The van der Waals surface area contributed by atoms with Gasteiger partial charge in [-0.1, -0.05) is 19.1 Å². The molecule has 0 aliphatic heterocycles. The highest BCUT2D eigenvalue weighted by Crippen LogP contribution is 2.28. The van der Waals surface area contributed by atoms with E-state index in [1.54, 1.807) is 23.9 Å². The summed E-state index contributed by atoms with van der Waals surface area (Å²) in [6.45, 7) is 2.02. The molecule has 18 heavy (non-hydrogen) atoms. The highest BCUT2D eigenvalue weighted by Gasteiger charge is 2.16. The molecule has 2 rings (SSSR count). The van der Waals surface area contributed by atoms with Crippen LogP contribution in [0.3, 0.4) is 0 Å². The molecule has 5 nitrogen and oxygen atoms in total. The summed E-state index contributed by atoms with van der Waals surface area (Å²) in [5.41, 5.74) is 0.582. The largest absolute Gasteiger partial charge is 0.334 e. The van der Waals surface area contributed by atoms with Crippen LogP contribution in [0.4, 0.5) is 5.69 Å². The molecule has 0 saturated heterocycles. The number of imidazole rings is 1. The Hall–Kier alpha value is -1.47. The number of hydrogen-bond donors (Lipinski definition) is 2. The fraction of sp³-hybridized carbons (Fsp3) is 0.182. The van der Waals surface area contributed by atoms with Gasteiger partial charge >= 0.3 is 0 Å². The molecule has 0 bridgehead atoms. The average molecular weight is 283 g/mol. The van der Waals surface area contributed by atoms with Crippen molar-refractivity contribution in [2.24, 2.45) is 0 Å². The second kappa shape index (κ2) is 5.45. The molecule has 7 heteroatoms. The van der Waals surface area contributed by atoms with E-state index >= 15 is 0 Å². The van der Waals surface area contributed by atoms with E-state index in [1.165, 1.54) is 12.5 Å². The van der Waals surface area contributed by atoms with Crippen molar-refractivity contribution in [2.45, 2.75) is 16.8 Å². The highest BCUT2D eigenvalue weighted by atomic mass is 32.2. The molecule has 0 saturated carbocycles. The molecule has 2 aromatic rings. The van der Waals surface area contributed by atoms with Crippen molar-refractivity contribution in [3.63, 3.8) is 0 Å². The predicted octanol–water partition coefficient (Wildman–Crippen LogP) is 2.32. The van der Waals surface area contributed by atoms with E-state index in [0.717, 1.165) is 10.6 Å². The maximum atomic E-state index is 12.0. The van der Waals surface area contributed by atoms with Gasteiger partial charge in [0.2, 0.25) is 0 Å². The van der Waals surface area contributed by atoms with Crippen LogP contribution < -0.4 is 4.72 Å². The first-order valence-electron chi connectivity index (χ1n) is 5.36. The smallest absolute Gasteiger partial charge is 0.279 e. The van der Waals surface area contributed by atoms with Crippen LogP contribution in [0.1, 0.15) is 6.92 Å². The standard InChI is InChI=1S/C11H13N3O2S2/c1-2-17-10-6-4-3-5-9(10)14-18(15,16)11-7-12-8-13-11/h3-8,14H,2H2,1H3,(H,12,13). The van der Waals surface area contributed by atoms with E-state index in [2.05, 4.69) is 14.7 Å². The van der Waals surface area contributed by atoms with Crippen LogP contribution in [0.25, 0.3) is 0 Å². The summed E-state index contributed by atoms with van der Waals surface area (Å²) in [5.74, 6) is 0.878. The third kappa shape index (κ3) is 2.85. The fourth-order valence-electron chi connectivity index (χ4n) is 1.42. The zero-order chi connectivity index (χ0) is 13.0. The Morgan fingerprint density at radius 3 is 2.83 bits per heavy atom. The van der Waals surface area contributed by atoms with Crippen molar-refractivity contribution in [1.29, 1.82) is 0 Å². The van der Waals surface area contributed by atoms with Crippen LogP contribution in [-0.2, 0) is 10.0 Å². The van der Waals surface area contributed by atoms with Crippen molar-refractivity contribution in [3.05, 3.63) is 36.8 Å². The number of anilines is 1. The second-order valence-corrected chi connectivity index (χ2v) is 6.41. The van der Waals surface area contributed by atoms with Gasteiger partial charge in [0.25, 0.3) is 10.0 Å². The van der Waals surface area contributed by atoms with Gasteiger partial charge in [0.1, 0.15) is 0 Å². The van der Waals surface area contributed by atoms with Crippen LogP contribution >= 0.6 is 11.8 Å². The second-order valence-electron chi connectivity index (χ2n) is 3.45. The van der Waals surface area contributed by atoms with Crippen LogP contribution in [0.2, 0.25) is 0 Å². The molecular formula is C11H13N3O2S2. The minimum absolute atomic E-state index is 0.0544. The van der Waals surface area contributed by atoms with Gasteiger partial charge in [0.15, 0.2) is 5.03 Å². The molecule has 0 aliphatic carbocycles.